The summed E-state index contributed by atoms with van der Waals surface area (Å²) in [5, 5.41) is 0. The summed E-state index contributed by atoms with van der Waals surface area (Å²) >= 11 is 0. The van der Waals surface area contributed by atoms with Crippen molar-refractivity contribution in [2.75, 3.05) is 7.11 Å². The van der Waals surface area contributed by atoms with Gasteiger partial charge in [-0.3, -0.25) is 9.59 Å². The smallest absolute Gasteiger partial charge is 0.170 e. The molecule has 2 rings (SSSR count). The number of hydrogen-bond acceptors (Lipinski definition) is 3. The number of Topliss-reactive ketones (excluding diaryl/α,β-unsaturated/α-hetero) is 2. The van der Waals surface area contributed by atoms with Gasteiger partial charge in [-0.2, -0.15) is 0 Å². The Hall–Kier alpha value is -2.42. The van der Waals surface area contributed by atoms with E-state index >= 15 is 0 Å². The molecule has 0 radical (unpaired) electrons. The van der Waals surface area contributed by atoms with Crippen LogP contribution in [0.15, 0.2) is 54.6 Å². The quantitative estimate of drug-likeness (QED) is 0.597. The molecule has 0 aliphatic heterocycles. The van der Waals surface area contributed by atoms with Gasteiger partial charge >= 0.3 is 0 Å². The lowest BCUT2D eigenvalue weighted by Crippen LogP contribution is -2.10. The van der Waals surface area contributed by atoms with Crippen LogP contribution in [-0.2, 0) is 11.2 Å². The highest BCUT2D eigenvalue weighted by Gasteiger charge is 2.12. The summed E-state index contributed by atoms with van der Waals surface area (Å²) in [4.78, 5) is 23.8. The Morgan fingerprint density at radius 3 is 2.20 bits per heavy atom. The first-order valence-electron chi connectivity index (χ1n) is 6.42. The fourth-order valence-electron chi connectivity index (χ4n) is 1.94. The highest BCUT2D eigenvalue weighted by Crippen LogP contribution is 2.13. The van der Waals surface area contributed by atoms with Crippen molar-refractivity contribution in [3.8, 4) is 5.75 Å². The molecule has 0 amide bonds. The van der Waals surface area contributed by atoms with Crippen molar-refractivity contribution in [1.29, 1.82) is 0 Å². The van der Waals surface area contributed by atoms with Crippen LogP contribution in [0.5, 0.6) is 5.75 Å². The molecule has 0 atom stereocenters. The molecule has 3 heteroatoms. The van der Waals surface area contributed by atoms with Crippen LogP contribution in [0, 0.1) is 0 Å². The molecule has 0 aromatic heterocycles. The minimum Gasteiger partial charge on any atom is -0.497 e. The predicted octanol–water partition coefficient (Wildman–Crippen LogP) is 3.08. The van der Waals surface area contributed by atoms with Crippen LogP contribution in [-0.4, -0.2) is 18.7 Å². The van der Waals surface area contributed by atoms with E-state index < -0.39 is 0 Å². The van der Waals surface area contributed by atoms with Gasteiger partial charge < -0.3 is 4.74 Å². The van der Waals surface area contributed by atoms with E-state index in [1.165, 1.54) is 0 Å². The predicted molar refractivity (Wildman–Crippen MR) is 77.1 cm³/mol. The molecule has 3 nitrogen and oxygen atoms in total. The number of rotatable bonds is 6. The first-order chi connectivity index (χ1) is 9.69. The van der Waals surface area contributed by atoms with Crippen molar-refractivity contribution >= 4 is 11.6 Å². The maximum atomic E-state index is 11.9. The summed E-state index contributed by atoms with van der Waals surface area (Å²) in [5.74, 6) is 0.537. The Bertz CT molecular complexity index is 585. The number of benzene rings is 2. The van der Waals surface area contributed by atoms with E-state index in [-0.39, 0.29) is 24.4 Å². The van der Waals surface area contributed by atoms with Gasteiger partial charge in [0.15, 0.2) is 5.78 Å². The largest absolute Gasteiger partial charge is 0.497 e. The van der Waals surface area contributed by atoms with Crippen molar-refractivity contribution < 1.29 is 14.3 Å². The van der Waals surface area contributed by atoms with Gasteiger partial charge in [-0.1, -0.05) is 42.5 Å². The summed E-state index contributed by atoms with van der Waals surface area (Å²) < 4.78 is 5.06. The van der Waals surface area contributed by atoms with Gasteiger partial charge in [0, 0.05) is 12.0 Å². The third-order valence-corrected chi connectivity index (χ3v) is 3.01. The van der Waals surface area contributed by atoms with Crippen LogP contribution in [0.25, 0.3) is 0 Å². The highest BCUT2D eigenvalue weighted by atomic mass is 16.5. The molecule has 0 saturated heterocycles. The van der Waals surface area contributed by atoms with E-state index in [1.54, 1.807) is 31.4 Å². The van der Waals surface area contributed by atoms with E-state index in [0.29, 0.717) is 5.56 Å². The highest BCUT2D eigenvalue weighted by molar-refractivity contribution is 6.08. The summed E-state index contributed by atoms with van der Waals surface area (Å²) in [6, 6.07) is 16.2. The third-order valence-electron chi connectivity index (χ3n) is 3.01. The number of hydrogen-bond donors (Lipinski definition) is 0. The molecule has 0 N–H and O–H groups in total. The number of carbonyl (C=O) groups excluding carboxylic acids is 2. The van der Waals surface area contributed by atoms with Crippen LogP contribution >= 0.6 is 0 Å². The third kappa shape index (κ3) is 3.79. The van der Waals surface area contributed by atoms with Crippen molar-refractivity contribution in [2.24, 2.45) is 0 Å². The lowest BCUT2D eigenvalue weighted by molar-refractivity contribution is -0.117. The normalized spacial score (nSPS) is 10.1. The molecule has 20 heavy (non-hydrogen) atoms. The van der Waals surface area contributed by atoms with Gasteiger partial charge in [0.1, 0.15) is 11.5 Å². The summed E-state index contributed by atoms with van der Waals surface area (Å²) in [7, 11) is 1.60. The molecule has 2 aromatic rings. The van der Waals surface area contributed by atoms with E-state index in [2.05, 4.69) is 0 Å². The molecular weight excluding hydrogens is 252 g/mol. The van der Waals surface area contributed by atoms with Crippen molar-refractivity contribution in [1.82, 2.24) is 0 Å². The molecule has 2 aromatic carbocycles. The minimum atomic E-state index is -0.135. The second-order valence-electron chi connectivity index (χ2n) is 4.53. The van der Waals surface area contributed by atoms with E-state index in [4.69, 9.17) is 4.74 Å². The van der Waals surface area contributed by atoms with Crippen LogP contribution in [0.4, 0.5) is 0 Å². The van der Waals surface area contributed by atoms with Crippen molar-refractivity contribution in [2.45, 2.75) is 12.8 Å². The minimum absolute atomic E-state index is 0.0595. The van der Waals surface area contributed by atoms with Gasteiger partial charge in [0.2, 0.25) is 0 Å². The number of methoxy groups -OCH3 is 1. The van der Waals surface area contributed by atoms with E-state index in [1.807, 2.05) is 30.3 Å². The maximum absolute atomic E-state index is 11.9. The number of ether oxygens (including phenoxy) is 1. The fraction of sp³-hybridized carbons (Fsp3) is 0.176. The summed E-state index contributed by atoms with van der Waals surface area (Å²) in [6.07, 6.45) is 0.207. The summed E-state index contributed by atoms with van der Waals surface area (Å²) in [6.45, 7) is 0. The zero-order chi connectivity index (χ0) is 14.4. The lowest BCUT2D eigenvalue weighted by atomic mass is 10.0. The van der Waals surface area contributed by atoms with Crippen LogP contribution in [0.2, 0.25) is 0 Å². The molecular formula is C17H16O3. The Kier molecular flexibility index (Phi) is 4.66. The second kappa shape index (κ2) is 6.66. The van der Waals surface area contributed by atoms with Crippen molar-refractivity contribution in [3.63, 3.8) is 0 Å². The number of ketones is 2. The summed E-state index contributed by atoms with van der Waals surface area (Å²) in [5.41, 5.74) is 1.47. The van der Waals surface area contributed by atoms with Crippen LogP contribution < -0.4 is 4.74 Å². The molecule has 102 valence electrons. The lowest BCUT2D eigenvalue weighted by Gasteiger charge is -2.03. The zero-order valence-electron chi connectivity index (χ0n) is 11.3. The molecule has 0 aliphatic carbocycles. The standard InChI is InChI=1S/C17H16O3/c1-20-16-9-7-13(8-10-16)11-15(18)12-17(19)14-5-3-2-4-6-14/h2-10H,11-12H2,1H3. The fourth-order valence-corrected chi connectivity index (χ4v) is 1.94. The Morgan fingerprint density at radius 2 is 1.60 bits per heavy atom. The van der Waals surface area contributed by atoms with Gasteiger partial charge in [-0.05, 0) is 17.7 Å². The topological polar surface area (TPSA) is 43.4 Å². The SMILES string of the molecule is COc1ccc(CC(=O)CC(=O)c2ccccc2)cc1. The van der Waals surface area contributed by atoms with Gasteiger partial charge in [-0.15, -0.1) is 0 Å². The van der Waals surface area contributed by atoms with Gasteiger partial charge in [0.05, 0.1) is 13.5 Å². The Labute approximate surface area is 118 Å². The van der Waals surface area contributed by atoms with Gasteiger partial charge in [0.25, 0.3) is 0 Å². The Morgan fingerprint density at radius 1 is 0.950 bits per heavy atom. The first kappa shape index (κ1) is 14.0. The molecule has 0 heterocycles. The maximum Gasteiger partial charge on any atom is 0.170 e. The van der Waals surface area contributed by atoms with Crippen LogP contribution in [0.3, 0.4) is 0 Å². The monoisotopic (exact) mass is 268 g/mol. The first-order valence-corrected chi connectivity index (χ1v) is 6.42. The second-order valence-corrected chi connectivity index (χ2v) is 4.53. The molecule has 0 bridgehead atoms. The average Bonchev–Trinajstić information content (AvgIpc) is 2.49. The number of carbonyl (C=O) groups is 2. The molecule has 0 fully saturated rings. The van der Waals surface area contributed by atoms with Crippen molar-refractivity contribution in [3.05, 3.63) is 65.7 Å². The van der Waals surface area contributed by atoms with E-state index in [9.17, 15) is 9.59 Å². The molecule has 0 spiro atoms. The molecule has 0 saturated carbocycles. The average molecular weight is 268 g/mol. The van der Waals surface area contributed by atoms with Gasteiger partial charge in [-0.25, -0.2) is 0 Å². The zero-order valence-corrected chi connectivity index (χ0v) is 11.3. The molecule has 0 aliphatic rings. The van der Waals surface area contributed by atoms with Crippen LogP contribution in [0.1, 0.15) is 22.3 Å². The molecule has 0 unspecified atom stereocenters. The Balaban J connectivity index is 1.93. The van der Waals surface area contributed by atoms with E-state index in [0.717, 1.165) is 11.3 Å².